The number of aromatic hydroxyl groups is 2. The number of halogens is 2. The third kappa shape index (κ3) is 2.83. The number of phenolic OH excluding ortho intramolecular Hbond substituents is 2. The van der Waals surface area contributed by atoms with E-state index < -0.39 is 22.1 Å². The molecule has 0 aliphatic carbocycles. The summed E-state index contributed by atoms with van der Waals surface area (Å²) < 4.78 is 1.50. The van der Waals surface area contributed by atoms with Gasteiger partial charge < -0.3 is 14.8 Å². The molecule has 2 aromatic heterocycles. The molecular weight excluding hydrogens is 373 g/mol. The van der Waals surface area contributed by atoms with Gasteiger partial charge in [0.15, 0.2) is 17.4 Å². The summed E-state index contributed by atoms with van der Waals surface area (Å²) in [7, 11) is 1.60. The van der Waals surface area contributed by atoms with Gasteiger partial charge in [0.1, 0.15) is 0 Å². The van der Waals surface area contributed by atoms with E-state index in [1.807, 2.05) is 0 Å². The molecule has 0 bridgehead atoms. The molecule has 25 heavy (non-hydrogen) atoms. The molecule has 3 aromatic rings. The summed E-state index contributed by atoms with van der Waals surface area (Å²) in [6, 6.07) is 2.23. The van der Waals surface area contributed by atoms with Gasteiger partial charge in [-0.15, -0.1) is 10.2 Å². The van der Waals surface area contributed by atoms with Crippen molar-refractivity contribution in [1.29, 1.82) is 0 Å². The van der Waals surface area contributed by atoms with Crippen LogP contribution >= 0.6 is 23.2 Å². The number of hydrogen-bond acceptors (Lipinski definition) is 7. The topological polar surface area (TPSA) is 127 Å². The molecule has 1 aromatic carbocycles. The highest BCUT2D eigenvalue weighted by molar-refractivity contribution is 6.38. The van der Waals surface area contributed by atoms with Gasteiger partial charge in [0.05, 0.1) is 20.5 Å². The van der Waals surface area contributed by atoms with Crippen molar-refractivity contribution in [1.82, 2.24) is 19.7 Å². The quantitative estimate of drug-likeness (QED) is 0.405. The minimum absolute atomic E-state index is 0.185. The summed E-state index contributed by atoms with van der Waals surface area (Å²) in [4.78, 5) is 14.1. The molecule has 0 unspecified atom stereocenters. The fourth-order valence-electron chi connectivity index (χ4n) is 2.30. The van der Waals surface area contributed by atoms with Gasteiger partial charge in [-0.3, -0.25) is 15.1 Å². The van der Waals surface area contributed by atoms with Crippen LogP contribution in [0.5, 0.6) is 11.5 Å². The van der Waals surface area contributed by atoms with E-state index >= 15 is 0 Å². The average Bonchev–Trinajstić information content (AvgIpc) is 2.91. The summed E-state index contributed by atoms with van der Waals surface area (Å²) in [5, 5.41) is 38.8. The predicted molar refractivity (Wildman–Crippen MR) is 89.7 cm³/mol. The number of nitro benzene ring substituents is 1. The van der Waals surface area contributed by atoms with Crippen molar-refractivity contribution < 1.29 is 15.1 Å². The van der Waals surface area contributed by atoms with E-state index in [1.54, 1.807) is 7.05 Å². The monoisotopic (exact) mass is 381 g/mol. The van der Waals surface area contributed by atoms with Crippen LogP contribution in [0.25, 0.3) is 22.8 Å². The maximum Gasteiger partial charge on any atom is 0.315 e. The number of nitro groups is 1. The molecular formula is C14H9Cl2N5O4. The molecule has 3 rings (SSSR count). The summed E-state index contributed by atoms with van der Waals surface area (Å²) in [6.45, 7) is 0. The van der Waals surface area contributed by atoms with E-state index in [0.29, 0.717) is 11.4 Å². The number of pyridine rings is 1. The number of hydrogen-bond donors (Lipinski definition) is 2. The normalized spacial score (nSPS) is 10.8. The Hall–Kier alpha value is -2.91. The first-order valence-corrected chi connectivity index (χ1v) is 7.46. The number of rotatable bonds is 3. The second-order valence-electron chi connectivity index (χ2n) is 5.00. The fourth-order valence-corrected chi connectivity index (χ4v) is 2.83. The summed E-state index contributed by atoms with van der Waals surface area (Å²) in [6.07, 6.45) is 2.79. The molecule has 0 spiro atoms. The van der Waals surface area contributed by atoms with Gasteiger partial charge in [-0.1, -0.05) is 23.2 Å². The van der Waals surface area contributed by atoms with Gasteiger partial charge >= 0.3 is 5.69 Å². The fraction of sp³-hybridized carbons (Fsp3) is 0.0714. The van der Waals surface area contributed by atoms with Crippen LogP contribution in [0.3, 0.4) is 0 Å². The standard InChI is InChI=1S/C14H9Cl2N5O4/c1-20-13(6-2-9(21(24)25)12(23)10(22)3-6)18-19-14(20)11-7(15)4-17-5-8(11)16/h2-5,22-23H,1H3. The highest BCUT2D eigenvalue weighted by Crippen LogP contribution is 2.40. The lowest BCUT2D eigenvalue weighted by molar-refractivity contribution is -0.385. The largest absolute Gasteiger partial charge is 0.504 e. The van der Waals surface area contributed by atoms with Crippen LogP contribution in [-0.4, -0.2) is 34.9 Å². The van der Waals surface area contributed by atoms with Crippen molar-refractivity contribution in [3.63, 3.8) is 0 Å². The van der Waals surface area contributed by atoms with Crippen molar-refractivity contribution >= 4 is 28.9 Å². The minimum atomic E-state index is -0.823. The van der Waals surface area contributed by atoms with Crippen LogP contribution in [0.4, 0.5) is 5.69 Å². The minimum Gasteiger partial charge on any atom is -0.504 e. The Balaban J connectivity index is 2.19. The van der Waals surface area contributed by atoms with Gasteiger partial charge in [0, 0.05) is 31.1 Å². The first-order valence-electron chi connectivity index (χ1n) is 6.70. The zero-order valence-electron chi connectivity index (χ0n) is 12.5. The van der Waals surface area contributed by atoms with E-state index in [-0.39, 0.29) is 21.4 Å². The Morgan fingerprint density at radius 3 is 2.32 bits per heavy atom. The van der Waals surface area contributed by atoms with Gasteiger partial charge in [0.25, 0.3) is 0 Å². The number of aromatic nitrogens is 4. The maximum absolute atomic E-state index is 11.0. The molecule has 9 nitrogen and oxygen atoms in total. The molecule has 2 heterocycles. The van der Waals surface area contributed by atoms with Crippen LogP contribution in [0.2, 0.25) is 10.0 Å². The van der Waals surface area contributed by atoms with Crippen molar-refractivity contribution in [2.24, 2.45) is 7.05 Å². The van der Waals surface area contributed by atoms with E-state index in [1.165, 1.54) is 17.0 Å². The smallest absolute Gasteiger partial charge is 0.315 e. The van der Waals surface area contributed by atoms with Crippen molar-refractivity contribution in [3.05, 3.63) is 44.7 Å². The number of nitrogens with zero attached hydrogens (tertiary/aromatic N) is 5. The lowest BCUT2D eigenvalue weighted by atomic mass is 10.1. The zero-order chi connectivity index (χ0) is 18.3. The summed E-state index contributed by atoms with van der Waals surface area (Å²) >= 11 is 12.2. The van der Waals surface area contributed by atoms with E-state index in [4.69, 9.17) is 23.2 Å². The molecule has 0 fully saturated rings. The van der Waals surface area contributed by atoms with Crippen molar-refractivity contribution in [3.8, 4) is 34.3 Å². The lowest BCUT2D eigenvalue weighted by Crippen LogP contribution is -1.98. The van der Waals surface area contributed by atoms with Gasteiger partial charge in [-0.25, -0.2) is 0 Å². The Morgan fingerprint density at radius 2 is 1.72 bits per heavy atom. The second kappa shape index (κ2) is 6.19. The first-order chi connectivity index (χ1) is 11.8. The molecule has 0 aliphatic heterocycles. The Labute approximate surface area is 150 Å². The van der Waals surface area contributed by atoms with Crippen molar-refractivity contribution in [2.75, 3.05) is 0 Å². The third-order valence-electron chi connectivity index (χ3n) is 3.48. The Bertz CT molecular complexity index is 985. The van der Waals surface area contributed by atoms with Gasteiger partial charge in [0.2, 0.25) is 5.75 Å². The number of phenols is 2. The summed E-state index contributed by atoms with van der Waals surface area (Å²) in [5.74, 6) is -0.954. The Kier molecular flexibility index (Phi) is 4.19. The van der Waals surface area contributed by atoms with Crippen LogP contribution in [-0.2, 0) is 7.05 Å². The molecule has 0 saturated heterocycles. The molecule has 0 aliphatic rings. The molecule has 11 heteroatoms. The third-order valence-corrected chi connectivity index (χ3v) is 4.05. The van der Waals surface area contributed by atoms with E-state index in [2.05, 4.69) is 15.2 Å². The van der Waals surface area contributed by atoms with Gasteiger partial charge in [-0.2, -0.15) is 0 Å². The zero-order valence-corrected chi connectivity index (χ0v) is 14.0. The highest BCUT2D eigenvalue weighted by atomic mass is 35.5. The van der Waals surface area contributed by atoms with Crippen LogP contribution in [0, 0.1) is 10.1 Å². The predicted octanol–water partition coefficient (Wildman–Crippen LogP) is 3.17. The second-order valence-corrected chi connectivity index (χ2v) is 5.82. The molecule has 2 N–H and O–H groups in total. The lowest BCUT2D eigenvalue weighted by Gasteiger charge is -2.08. The van der Waals surface area contributed by atoms with Crippen LogP contribution in [0.1, 0.15) is 0 Å². The summed E-state index contributed by atoms with van der Waals surface area (Å²) in [5.41, 5.74) is -0.0684. The molecule has 0 amide bonds. The maximum atomic E-state index is 11.0. The molecule has 0 radical (unpaired) electrons. The SMILES string of the molecule is Cn1c(-c2cc(O)c(O)c([N+](=O)[O-])c2)nnc1-c1c(Cl)cncc1Cl. The highest BCUT2D eigenvalue weighted by Gasteiger charge is 2.23. The number of benzene rings is 1. The van der Waals surface area contributed by atoms with E-state index in [9.17, 15) is 20.3 Å². The Morgan fingerprint density at radius 1 is 1.12 bits per heavy atom. The van der Waals surface area contributed by atoms with Gasteiger partial charge in [-0.05, 0) is 6.07 Å². The average molecular weight is 382 g/mol. The van der Waals surface area contributed by atoms with Crippen LogP contribution in [0.15, 0.2) is 24.5 Å². The molecule has 128 valence electrons. The molecule has 0 saturated carbocycles. The van der Waals surface area contributed by atoms with Crippen LogP contribution < -0.4 is 0 Å². The van der Waals surface area contributed by atoms with Crippen molar-refractivity contribution in [2.45, 2.75) is 0 Å². The van der Waals surface area contributed by atoms with E-state index in [0.717, 1.165) is 12.1 Å². The first kappa shape index (κ1) is 16.9. The molecule has 0 atom stereocenters.